The Kier molecular flexibility index (Phi) is 2.92. The second kappa shape index (κ2) is 3.63. The highest BCUT2D eigenvalue weighted by Gasteiger charge is 2.33. The lowest BCUT2D eigenvalue weighted by Crippen LogP contribution is -2.17. The highest BCUT2D eigenvalue weighted by atomic mass is 32.1. The normalized spacial score (nSPS) is 14.5. The zero-order valence-corrected chi connectivity index (χ0v) is 7.75. The van der Waals surface area contributed by atoms with Gasteiger partial charge in [0.25, 0.3) is 0 Å². The van der Waals surface area contributed by atoms with Crippen LogP contribution in [-0.4, -0.2) is 11.0 Å². The summed E-state index contributed by atoms with van der Waals surface area (Å²) in [6.07, 6.45) is -3.04. The van der Waals surface area contributed by atoms with Crippen LogP contribution in [0.4, 0.5) is 13.2 Å². The molecule has 1 heterocycles. The Hall–Kier alpha value is -0.620. The van der Waals surface area contributed by atoms with E-state index in [4.69, 9.17) is 5.73 Å². The number of nitrogens with zero attached hydrogens (tertiary/aromatic N) is 1. The van der Waals surface area contributed by atoms with Crippen molar-refractivity contribution >= 4 is 11.3 Å². The van der Waals surface area contributed by atoms with E-state index in [1.807, 2.05) is 0 Å². The molecular formula is C7H9F3N2S. The standard InChI is InChI=1S/C7H9F3N2S/c1-4(11)2-6-12-3-5(13-6)7(8,9)10/h3-4H,2,11H2,1H3. The minimum atomic E-state index is -4.28. The summed E-state index contributed by atoms with van der Waals surface area (Å²) in [5, 5.41) is 0.433. The molecule has 2 nitrogen and oxygen atoms in total. The summed E-state index contributed by atoms with van der Waals surface area (Å²) in [6, 6.07) is -0.160. The van der Waals surface area contributed by atoms with Gasteiger partial charge < -0.3 is 5.73 Å². The van der Waals surface area contributed by atoms with Crippen molar-refractivity contribution < 1.29 is 13.2 Å². The Balaban J connectivity index is 2.75. The number of nitrogens with two attached hydrogens (primary N) is 1. The molecule has 0 aliphatic carbocycles. The summed E-state index contributed by atoms with van der Waals surface area (Å²) in [5.41, 5.74) is 5.43. The van der Waals surface area contributed by atoms with Crippen LogP contribution < -0.4 is 5.73 Å². The number of halogens is 3. The largest absolute Gasteiger partial charge is 0.427 e. The molecule has 1 unspecified atom stereocenters. The van der Waals surface area contributed by atoms with Crippen LogP contribution >= 0.6 is 11.3 Å². The fourth-order valence-electron chi connectivity index (χ4n) is 0.811. The molecule has 0 saturated heterocycles. The van der Waals surface area contributed by atoms with Gasteiger partial charge in [0.15, 0.2) is 0 Å². The third-order valence-corrected chi connectivity index (χ3v) is 2.39. The lowest BCUT2D eigenvalue weighted by molar-refractivity contribution is -0.134. The van der Waals surface area contributed by atoms with E-state index in [9.17, 15) is 13.2 Å². The van der Waals surface area contributed by atoms with Crippen molar-refractivity contribution in [3.8, 4) is 0 Å². The van der Waals surface area contributed by atoms with Gasteiger partial charge in [0, 0.05) is 12.5 Å². The van der Waals surface area contributed by atoms with Gasteiger partial charge in [0.2, 0.25) is 0 Å². The first-order valence-corrected chi connectivity index (χ1v) is 4.48. The van der Waals surface area contributed by atoms with E-state index in [1.54, 1.807) is 6.92 Å². The molecule has 0 radical (unpaired) electrons. The molecule has 1 atom stereocenters. The minimum absolute atomic E-state index is 0.160. The second-order valence-electron chi connectivity index (χ2n) is 2.80. The predicted octanol–water partition coefficient (Wildman–Crippen LogP) is 2.05. The molecule has 13 heavy (non-hydrogen) atoms. The summed E-state index contributed by atoms with van der Waals surface area (Å²) in [5.74, 6) is 0. The summed E-state index contributed by atoms with van der Waals surface area (Å²) in [7, 11) is 0. The molecule has 1 aromatic rings. The van der Waals surface area contributed by atoms with E-state index >= 15 is 0 Å². The van der Waals surface area contributed by atoms with Crippen LogP contribution in [0.25, 0.3) is 0 Å². The van der Waals surface area contributed by atoms with Crippen molar-refractivity contribution in [3.63, 3.8) is 0 Å². The van der Waals surface area contributed by atoms with Gasteiger partial charge in [-0.05, 0) is 6.92 Å². The lowest BCUT2D eigenvalue weighted by Gasteiger charge is -2.01. The van der Waals surface area contributed by atoms with Crippen LogP contribution in [-0.2, 0) is 12.6 Å². The van der Waals surface area contributed by atoms with Gasteiger partial charge in [-0.2, -0.15) is 13.2 Å². The molecule has 0 saturated carbocycles. The van der Waals surface area contributed by atoms with Gasteiger partial charge in [-0.15, -0.1) is 11.3 Å². The van der Waals surface area contributed by atoms with E-state index in [0.717, 1.165) is 6.20 Å². The van der Waals surface area contributed by atoms with Gasteiger partial charge in [-0.3, -0.25) is 0 Å². The van der Waals surface area contributed by atoms with Crippen LogP contribution in [0, 0.1) is 0 Å². The van der Waals surface area contributed by atoms with Crippen molar-refractivity contribution in [2.45, 2.75) is 25.6 Å². The first-order chi connectivity index (χ1) is 5.89. The summed E-state index contributed by atoms with van der Waals surface area (Å²) in [4.78, 5) is 2.98. The molecule has 1 aromatic heterocycles. The first-order valence-electron chi connectivity index (χ1n) is 3.67. The topological polar surface area (TPSA) is 38.9 Å². The smallest absolute Gasteiger partial charge is 0.328 e. The van der Waals surface area contributed by atoms with Crippen LogP contribution in [0.1, 0.15) is 16.8 Å². The fourth-order valence-corrected chi connectivity index (χ4v) is 1.74. The molecule has 0 aromatic carbocycles. The molecule has 6 heteroatoms. The van der Waals surface area contributed by atoms with Crippen molar-refractivity contribution in [2.75, 3.05) is 0 Å². The highest BCUT2D eigenvalue weighted by molar-refractivity contribution is 7.11. The van der Waals surface area contributed by atoms with E-state index in [-0.39, 0.29) is 6.04 Å². The molecule has 0 fully saturated rings. The zero-order valence-electron chi connectivity index (χ0n) is 6.93. The molecule has 0 bridgehead atoms. The number of aromatic nitrogens is 1. The highest BCUT2D eigenvalue weighted by Crippen LogP contribution is 2.33. The third kappa shape index (κ3) is 2.96. The molecular weight excluding hydrogens is 201 g/mol. The van der Waals surface area contributed by atoms with Crippen LogP contribution in [0.15, 0.2) is 6.20 Å². The number of rotatable bonds is 2. The van der Waals surface area contributed by atoms with Crippen molar-refractivity contribution in [2.24, 2.45) is 5.73 Å². The first kappa shape index (κ1) is 10.5. The summed E-state index contributed by atoms with van der Waals surface area (Å²) >= 11 is 0.652. The molecule has 74 valence electrons. The van der Waals surface area contributed by atoms with E-state index in [2.05, 4.69) is 4.98 Å². The second-order valence-corrected chi connectivity index (χ2v) is 3.91. The van der Waals surface area contributed by atoms with Crippen molar-refractivity contribution in [1.29, 1.82) is 0 Å². The minimum Gasteiger partial charge on any atom is -0.328 e. The van der Waals surface area contributed by atoms with Crippen LogP contribution in [0.5, 0.6) is 0 Å². The van der Waals surface area contributed by atoms with Gasteiger partial charge in [0.1, 0.15) is 4.88 Å². The monoisotopic (exact) mass is 210 g/mol. The van der Waals surface area contributed by atoms with Crippen LogP contribution in [0.2, 0.25) is 0 Å². The van der Waals surface area contributed by atoms with Gasteiger partial charge >= 0.3 is 6.18 Å². The lowest BCUT2D eigenvalue weighted by atomic mass is 10.3. The Morgan fingerprint density at radius 1 is 1.62 bits per heavy atom. The SMILES string of the molecule is CC(N)Cc1ncc(C(F)(F)F)s1. The van der Waals surface area contributed by atoms with Crippen LogP contribution in [0.3, 0.4) is 0 Å². The maximum Gasteiger partial charge on any atom is 0.427 e. The maximum atomic E-state index is 12.1. The molecule has 0 amide bonds. The zero-order chi connectivity index (χ0) is 10.1. The average Bonchev–Trinajstić information content (AvgIpc) is 2.32. The van der Waals surface area contributed by atoms with Gasteiger partial charge in [-0.1, -0.05) is 0 Å². The molecule has 0 spiro atoms. The summed E-state index contributed by atoms with van der Waals surface area (Å²) < 4.78 is 36.2. The Bertz CT molecular complexity index is 280. The Labute approximate surface area is 77.6 Å². The molecule has 1 rings (SSSR count). The predicted molar refractivity (Wildman–Crippen MR) is 44.5 cm³/mol. The van der Waals surface area contributed by atoms with E-state index < -0.39 is 11.1 Å². The van der Waals surface area contributed by atoms with Crippen molar-refractivity contribution in [3.05, 3.63) is 16.1 Å². The van der Waals surface area contributed by atoms with Crippen molar-refractivity contribution in [1.82, 2.24) is 4.98 Å². The third-order valence-electron chi connectivity index (χ3n) is 1.33. The average molecular weight is 210 g/mol. The molecule has 2 N–H and O–H groups in total. The quantitative estimate of drug-likeness (QED) is 0.811. The number of hydrogen-bond acceptors (Lipinski definition) is 3. The number of thiazole rings is 1. The molecule has 0 aliphatic heterocycles. The van der Waals surface area contributed by atoms with E-state index in [0.29, 0.717) is 22.8 Å². The number of hydrogen-bond donors (Lipinski definition) is 1. The Morgan fingerprint density at radius 2 is 2.23 bits per heavy atom. The molecule has 0 aliphatic rings. The number of alkyl halides is 3. The maximum absolute atomic E-state index is 12.1. The van der Waals surface area contributed by atoms with Gasteiger partial charge in [-0.25, -0.2) is 4.98 Å². The Morgan fingerprint density at radius 3 is 2.62 bits per heavy atom. The van der Waals surface area contributed by atoms with Gasteiger partial charge in [0.05, 0.1) is 11.2 Å². The fraction of sp³-hybridized carbons (Fsp3) is 0.571. The summed E-state index contributed by atoms with van der Waals surface area (Å²) in [6.45, 7) is 1.73. The van der Waals surface area contributed by atoms with E-state index in [1.165, 1.54) is 0 Å².